The Hall–Kier alpha value is -3.72. The van der Waals surface area contributed by atoms with Gasteiger partial charge < -0.3 is 9.64 Å². The monoisotopic (exact) mass is 489 g/mol. The first-order chi connectivity index (χ1) is 17.1. The van der Waals surface area contributed by atoms with Gasteiger partial charge in [-0.3, -0.25) is 14.8 Å². The van der Waals surface area contributed by atoms with Gasteiger partial charge >= 0.3 is 0 Å². The summed E-state index contributed by atoms with van der Waals surface area (Å²) in [5, 5.41) is 12.2. The van der Waals surface area contributed by atoms with Crippen LogP contribution < -0.4 is 4.74 Å². The van der Waals surface area contributed by atoms with E-state index in [0.717, 1.165) is 33.6 Å². The van der Waals surface area contributed by atoms with Gasteiger partial charge in [-0.1, -0.05) is 38.1 Å². The lowest BCUT2D eigenvalue weighted by Crippen LogP contribution is -2.43. The van der Waals surface area contributed by atoms with E-state index in [0.29, 0.717) is 11.4 Å². The number of carbonyl (C=O) groups excluding carboxylic acids is 1. The number of aromatic nitrogens is 5. The van der Waals surface area contributed by atoms with Crippen LogP contribution >= 0.6 is 0 Å². The Labute approximate surface area is 212 Å². The van der Waals surface area contributed by atoms with E-state index in [9.17, 15) is 4.79 Å². The lowest BCUT2D eigenvalue weighted by Gasteiger charge is -2.30. The zero-order valence-corrected chi connectivity index (χ0v) is 22.3. The maximum atomic E-state index is 12.8. The molecule has 4 aromatic rings. The Bertz CT molecular complexity index is 1350. The summed E-state index contributed by atoms with van der Waals surface area (Å²) in [5.41, 5.74) is 6.63. The third-order valence-electron chi connectivity index (χ3n) is 6.96. The number of nitrogens with one attached hydrogen (secondary N) is 1. The minimum Gasteiger partial charge on any atom is -0.493 e. The summed E-state index contributed by atoms with van der Waals surface area (Å²) in [4.78, 5) is 20.8. The van der Waals surface area contributed by atoms with E-state index in [2.05, 4.69) is 60.2 Å². The topological polar surface area (TPSA) is 91.7 Å². The van der Waals surface area contributed by atoms with Crippen LogP contribution in [-0.2, 0) is 4.79 Å². The van der Waals surface area contributed by atoms with Gasteiger partial charge in [0.05, 0.1) is 30.6 Å². The number of carbonyl (C=O) groups is 1. The van der Waals surface area contributed by atoms with Crippen molar-refractivity contribution in [1.29, 1.82) is 0 Å². The molecule has 2 atom stereocenters. The fourth-order valence-corrected chi connectivity index (χ4v) is 4.39. The molecule has 0 aliphatic heterocycles. The van der Waals surface area contributed by atoms with Crippen LogP contribution in [0.3, 0.4) is 0 Å². The van der Waals surface area contributed by atoms with Crippen molar-refractivity contribution in [3.63, 3.8) is 0 Å². The maximum absolute atomic E-state index is 12.8. The quantitative estimate of drug-likeness (QED) is 0.395. The van der Waals surface area contributed by atoms with Crippen LogP contribution in [0.25, 0.3) is 28.2 Å². The number of likely N-dealkylation sites (N-methyl/N-ethyl adjacent to an activating group) is 2. The summed E-state index contributed by atoms with van der Waals surface area (Å²) in [6, 6.07) is 10.0. The number of methoxy groups -OCH3 is 1. The molecule has 4 rings (SSSR count). The van der Waals surface area contributed by atoms with Gasteiger partial charge in [0.1, 0.15) is 6.33 Å². The molecule has 0 spiro atoms. The fraction of sp³-hybridized carbons (Fsp3) is 0.407. The van der Waals surface area contributed by atoms with E-state index in [-0.39, 0.29) is 23.9 Å². The van der Waals surface area contributed by atoms with Gasteiger partial charge in [0.2, 0.25) is 5.91 Å². The lowest BCUT2D eigenvalue weighted by atomic mass is 9.93. The highest BCUT2D eigenvalue weighted by molar-refractivity contribution is 5.81. The summed E-state index contributed by atoms with van der Waals surface area (Å²) < 4.78 is 7.26. The number of H-pyrrole nitrogens is 1. The van der Waals surface area contributed by atoms with E-state index < -0.39 is 0 Å². The van der Waals surface area contributed by atoms with Crippen LogP contribution in [0.15, 0.2) is 42.9 Å². The number of aromatic amines is 1. The SMILES string of the molecule is COc1cc(-c2[nH]nc(-c3ccc([C@H](C)N(C)C(=O)C(C)N(C)C)cc3)c2C(C)C)cn2ncnc12. The average molecular weight is 490 g/mol. The Morgan fingerprint density at radius 2 is 1.75 bits per heavy atom. The Balaban J connectivity index is 1.67. The molecular formula is C27H35N7O2. The highest BCUT2D eigenvalue weighted by Crippen LogP contribution is 2.37. The van der Waals surface area contributed by atoms with Crippen molar-refractivity contribution >= 4 is 11.6 Å². The molecule has 1 unspecified atom stereocenters. The molecule has 1 aromatic carbocycles. The van der Waals surface area contributed by atoms with Crippen LogP contribution in [0.2, 0.25) is 0 Å². The second-order valence-electron chi connectivity index (χ2n) is 9.73. The number of hydrogen-bond donors (Lipinski definition) is 1. The highest BCUT2D eigenvalue weighted by Gasteiger charge is 2.25. The Morgan fingerprint density at radius 1 is 1.06 bits per heavy atom. The third kappa shape index (κ3) is 4.58. The zero-order valence-electron chi connectivity index (χ0n) is 22.3. The van der Waals surface area contributed by atoms with Crippen LogP contribution in [0, 0.1) is 0 Å². The minimum absolute atomic E-state index is 0.0462. The van der Waals surface area contributed by atoms with Crippen molar-refractivity contribution in [3.8, 4) is 28.3 Å². The van der Waals surface area contributed by atoms with Crippen LogP contribution in [0.4, 0.5) is 0 Å². The van der Waals surface area contributed by atoms with E-state index in [4.69, 9.17) is 9.84 Å². The first-order valence-electron chi connectivity index (χ1n) is 12.1. The molecule has 0 bridgehead atoms. The lowest BCUT2D eigenvalue weighted by molar-refractivity contribution is -0.136. The largest absolute Gasteiger partial charge is 0.493 e. The number of benzene rings is 1. The molecule has 0 saturated heterocycles. The minimum atomic E-state index is -0.178. The summed E-state index contributed by atoms with van der Waals surface area (Å²) in [6.07, 6.45) is 3.44. The van der Waals surface area contributed by atoms with E-state index in [1.165, 1.54) is 6.33 Å². The number of fused-ring (bicyclic) bond motifs is 1. The van der Waals surface area contributed by atoms with Gasteiger partial charge in [-0.2, -0.15) is 10.2 Å². The van der Waals surface area contributed by atoms with Crippen LogP contribution in [0.1, 0.15) is 50.8 Å². The molecule has 3 heterocycles. The number of rotatable bonds is 8. The molecule has 9 heteroatoms. The van der Waals surface area contributed by atoms with Crippen molar-refractivity contribution in [1.82, 2.24) is 34.6 Å². The number of ether oxygens (including phenoxy) is 1. The van der Waals surface area contributed by atoms with Gasteiger partial charge in [-0.05, 0) is 45.5 Å². The molecule has 9 nitrogen and oxygen atoms in total. The summed E-state index contributed by atoms with van der Waals surface area (Å²) >= 11 is 0. The van der Waals surface area contributed by atoms with Crippen LogP contribution in [0.5, 0.6) is 5.75 Å². The molecule has 1 N–H and O–H groups in total. The van der Waals surface area contributed by atoms with Gasteiger partial charge in [0, 0.05) is 29.9 Å². The first-order valence-corrected chi connectivity index (χ1v) is 12.1. The van der Waals surface area contributed by atoms with Crippen LogP contribution in [-0.4, -0.2) is 74.8 Å². The van der Waals surface area contributed by atoms with Crippen molar-refractivity contribution in [2.75, 3.05) is 28.3 Å². The van der Waals surface area contributed by atoms with Gasteiger partial charge in [0.15, 0.2) is 11.4 Å². The maximum Gasteiger partial charge on any atom is 0.239 e. The van der Waals surface area contributed by atoms with Crippen molar-refractivity contribution in [2.45, 2.75) is 45.7 Å². The molecule has 0 aliphatic rings. The summed E-state index contributed by atoms with van der Waals surface area (Å²) in [5.74, 6) is 0.966. The second-order valence-corrected chi connectivity index (χ2v) is 9.73. The summed E-state index contributed by atoms with van der Waals surface area (Å²) in [7, 11) is 7.32. The number of amides is 1. The molecule has 0 saturated carbocycles. The number of pyridine rings is 1. The molecule has 190 valence electrons. The number of nitrogens with zero attached hydrogens (tertiary/aromatic N) is 6. The van der Waals surface area contributed by atoms with Gasteiger partial charge in [0.25, 0.3) is 0 Å². The smallest absolute Gasteiger partial charge is 0.239 e. The second kappa shape index (κ2) is 10.1. The van der Waals surface area contributed by atoms with Crippen molar-refractivity contribution < 1.29 is 9.53 Å². The first kappa shape index (κ1) is 25.4. The molecule has 0 radical (unpaired) electrons. The van der Waals surface area contributed by atoms with Crippen molar-refractivity contribution in [3.05, 3.63) is 54.0 Å². The molecular weight excluding hydrogens is 454 g/mol. The fourth-order valence-electron chi connectivity index (χ4n) is 4.39. The van der Waals surface area contributed by atoms with Gasteiger partial charge in [-0.25, -0.2) is 9.50 Å². The van der Waals surface area contributed by atoms with Crippen molar-refractivity contribution in [2.24, 2.45) is 0 Å². The van der Waals surface area contributed by atoms with E-state index in [1.807, 2.05) is 45.2 Å². The summed E-state index contributed by atoms with van der Waals surface area (Å²) in [6.45, 7) is 8.29. The highest BCUT2D eigenvalue weighted by atomic mass is 16.5. The molecule has 0 aliphatic carbocycles. The molecule has 36 heavy (non-hydrogen) atoms. The number of hydrogen-bond acceptors (Lipinski definition) is 6. The standard InChI is InChI=1S/C27H35N7O2/c1-16(2)23-24(30-31-25(23)21-13-22(36-8)26-28-15-29-34(26)14-21)20-11-9-19(10-12-20)17(3)33(7)27(35)18(4)32(5)6/h9-18H,1-8H3,(H,30,31)/t17-,18?/m0/s1. The van der Waals surface area contributed by atoms with Gasteiger partial charge in [-0.15, -0.1) is 0 Å². The molecule has 0 fully saturated rings. The predicted molar refractivity (Wildman–Crippen MR) is 141 cm³/mol. The molecule has 3 aromatic heterocycles. The van der Waals surface area contributed by atoms with E-state index >= 15 is 0 Å². The zero-order chi connectivity index (χ0) is 26.1. The predicted octanol–water partition coefficient (Wildman–Crippen LogP) is 4.39. The molecule has 1 amide bonds. The third-order valence-corrected chi connectivity index (χ3v) is 6.96. The van der Waals surface area contributed by atoms with E-state index in [1.54, 1.807) is 16.5 Å². The average Bonchev–Trinajstić information content (AvgIpc) is 3.53. The Kier molecular flexibility index (Phi) is 7.12. The Morgan fingerprint density at radius 3 is 2.36 bits per heavy atom. The normalized spacial score (nSPS) is 13.4.